The molecule has 2 aliphatic rings. The highest BCUT2D eigenvalue weighted by molar-refractivity contribution is 5.14. The maximum absolute atomic E-state index is 3.94. The Bertz CT molecular complexity index is 248. The molecule has 0 aliphatic heterocycles. The summed E-state index contributed by atoms with van der Waals surface area (Å²) in [4.78, 5) is 0. The van der Waals surface area contributed by atoms with Gasteiger partial charge in [0.25, 0.3) is 0 Å². The van der Waals surface area contributed by atoms with Crippen molar-refractivity contribution in [1.82, 2.24) is 5.32 Å². The average molecular weight is 235 g/mol. The lowest BCUT2D eigenvalue weighted by atomic mass is 9.86. The van der Waals surface area contributed by atoms with Crippen LogP contribution in [-0.4, -0.2) is 12.1 Å². The van der Waals surface area contributed by atoms with E-state index in [9.17, 15) is 0 Å². The van der Waals surface area contributed by atoms with Crippen LogP contribution in [0.1, 0.15) is 71.6 Å². The quantitative estimate of drug-likeness (QED) is 0.713. The summed E-state index contributed by atoms with van der Waals surface area (Å²) in [5, 5.41) is 3.94. The van der Waals surface area contributed by atoms with Crippen LogP contribution in [0, 0.1) is 5.92 Å². The molecule has 0 aromatic carbocycles. The van der Waals surface area contributed by atoms with Crippen LogP contribution in [0.4, 0.5) is 0 Å². The third kappa shape index (κ3) is 4.13. The second kappa shape index (κ2) is 6.58. The molecule has 0 aromatic heterocycles. The highest BCUT2D eigenvalue weighted by Gasteiger charge is 2.22. The summed E-state index contributed by atoms with van der Waals surface area (Å²) >= 11 is 0. The molecule has 0 bridgehead atoms. The van der Waals surface area contributed by atoms with E-state index in [0.29, 0.717) is 12.0 Å². The Morgan fingerprint density at radius 1 is 1.00 bits per heavy atom. The first-order valence-electron chi connectivity index (χ1n) is 7.72. The predicted octanol–water partition coefficient (Wildman–Crippen LogP) is 4.43. The van der Waals surface area contributed by atoms with Crippen LogP contribution in [0.5, 0.6) is 0 Å². The topological polar surface area (TPSA) is 12.0 Å². The van der Waals surface area contributed by atoms with E-state index >= 15 is 0 Å². The Morgan fingerprint density at radius 3 is 2.41 bits per heavy atom. The molecule has 0 unspecified atom stereocenters. The summed E-state index contributed by atoms with van der Waals surface area (Å²) in [6.07, 6.45) is 15.2. The molecule has 0 heterocycles. The fourth-order valence-electron chi connectivity index (χ4n) is 3.41. The van der Waals surface area contributed by atoms with Crippen LogP contribution < -0.4 is 5.32 Å². The van der Waals surface area contributed by atoms with E-state index < -0.39 is 0 Å². The molecule has 1 nitrogen and oxygen atoms in total. The number of nitrogens with one attached hydrogen (secondary N) is 1. The van der Waals surface area contributed by atoms with Crippen LogP contribution in [0.3, 0.4) is 0 Å². The zero-order valence-electron chi connectivity index (χ0n) is 11.7. The first-order chi connectivity index (χ1) is 8.25. The molecule has 1 N–H and O–H groups in total. The molecule has 1 atom stereocenters. The first kappa shape index (κ1) is 13.1. The Hall–Kier alpha value is -0.300. The molecule has 2 rings (SSSR count). The maximum Gasteiger partial charge on any atom is 0.0282 e. The molecule has 17 heavy (non-hydrogen) atoms. The Balaban J connectivity index is 1.91. The fourth-order valence-corrected chi connectivity index (χ4v) is 3.41. The van der Waals surface area contributed by atoms with Crippen LogP contribution in [0.25, 0.3) is 0 Å². The SMILES string of the molecule is CC(C)/C=C1\CCCC[C@H]1NC1CCCCC1. The van der Waals surface area contributed by atoms with Gasteiger partial charge in [0, 0.05) is 12.1 Å². The van der Waals surface area contributed by atoms with Crippen LogP contribution in [-0.2, 0) is 0 Å². The summed E-state index contributed by atoms with van der Waals surface area (Å²) in [5.41, 5.74) is 1.71. The zero-order valence-corrected chi connectivity index (χ0v) is 11.7. The van der Waals surface area contributed by atoms with Crippen molar-refractivity contribution in [2.75, 3.05) is 0 Å². The minimum absolute atomic E-state index is 0.703. The predicted molar refractivity (Wildman–Crippen MR) is 75.2 cm³/mol. The summed E-state index contributed by atoms with van der Waals surface area (Å²) in [6.45, 7) is 4.61. The van der Waals surface area contributed by atoms with Gasteiger partial charge in [-0.1, -0.05) is 51.2 Å². The normalized spacial score (nSPS) is 30.1. The van der Waals surface area contributed by atoms with Gasteiger partial charge in [-0.2, -0.15) is 0 Å². The molecule has 1 heteroatoms. The Morgan fingerprint density at radius 2 is 1.71 bits per heavy atom. The van der Waals surface area contributed by atoms with Gasteiger partial charge in [-0.3, -0.25) is 0 Å². The van der Waals surface area contributed by atoms with Gasteiger partial charge in [0.2, 0.25) is 0 Å². The lowest BCUT2D eigenvalue weighted by Crippen LogP contribution is -2.41. The van der Waals surface area contributed by atoms with Gasteiger partial charge in [-0.15, -0.1) is 0 Å². The monoisotopic (exact) mass is 235 g/mol. The van der Waals surface area contributed by atoms with Crippen LogP contribution in [0.2, 0.25) is 0 Å². The molecule has 0 amide bonds. The van der Waals surface area contributed by atoms with Gasteiger partial charge < -0.3 is 5.32 Å². The van der Waals surface area contributed by atoms with Crippen molar-refractivity contribution in [1.29, 1.82) is 0 Å². The van der Waals surface area contributed by atoms with Crippen molar-refractivity contribution in [2.24, 2.45) is 5.92 Å². The number of rotatable bonds is 3. The molecular formula is C16H29N. The zero-order chi connectivity index (χ0) is 12.1. The van der Waals surface area contributed by atoms with Crippen LogP contribution in [0.15, 0.2) is 11.6 Å². The van der Waals surface area contributed by atoms with Crippen molar-refractivity contribution in [3.63, 3.8) is 0 Å². The number of hydrogen-bond donors (Lipinski definition) is 1. The minimum atomic E-state index is 0.703. The first-order valence-corrected chi connectivity index (χ1v) is 7.72. The molecule has 2 saturated carbocycles. The summed E-state index contributed by atoms with van der Waals surface area (Å²) in [7, 11) is 0. The van der Waals surface area contributed by atoms with Gasteiger partial charge in [0.05, 0.1) is 0 Å². The van der Waals surface area contributed by atoms with E-state index in [2.05, 4.69) is 25.2 Å². The van der Waals surface area contributed by atoms with Crippen LogP contribution >= 0.6 is 0 Å². The lowest BCUT2D eigenvalue weighted by Gasteiger charge is -2.33. The molecule has 98 valence electrons. The molecule has 0 aromatic rings. The third-order valence-electron chi connectivity index (χ3n) is 4.25. The molecule has 0 saturated heterocycles. The van der Waals surface area contributed by atoms with Gasteiger partial charge in [-0.25, -0.2) is 0 Å². The highest BCUT2D eigenvalue weighted by atomic mass is 15.0. The van der Waals surface area contributed by atoms with Gasteiger partial charge in [0.15, 0.2) is 0 Å². The van der Waals surface area contributed by atoms with Crippen molar-refractivity contribution in [3.05, 3.63) is 11.6 Å². The second-order valence-electron chi connectivity index (χ2n) is 6.29. The molecule has 0 radical (unpaired) electrons. The van der Waals surface area contributed by atoms with Crippen molar-refractivity contribution in [2.45, 2.75) is 83.7 Å². The molecule has 2 fully saturated rings. The molecule has 0 spiro atoms. The largest absolute Gasteiger partial charge is 0.308 e. The Kier molecular flexibility index (Phi) is 5.09. The van der Waals surface area contributed by atoms with E-state index in [1.54, 1.807) is 5.57 Å². The van der Waals surface area contributed by atoms with E-state index in [0.717, 1.165) is 6.04 Å². The smallest absolute Gasteiger partial charge is 0.0282 e. The minimum Gasteiger partial charge on any atom is -0.308 e. The second-order valence-corrected chi connectivity index (χ2v) is 6.29. The van der Waals surface area contributed by atoms with E-state index in [-0.39, 0.29) is 0 Å². The van der Waals surface area contributed by atoms with E-state index in [1.165, 1.54) is 57.8 Å². The lowest BCUT2D eigenvalue weighted by molar-refractivity contribution is 0.326. The maximum atomic E-state index is 3.94. The summed E-state index contributed by atoms with van der Waals surface area (Å²) < 4.78 is 0. The Labute approximate surface area is 107 Å². The highest BCUT2D eigenvalue weighted by Crippen LogP contribution is 2.27. The average Bonchev–Trinajstić information content (AvgIpc) is 2.32. The van der Waals surface area contributed by atoms with Crippen molar-refractivity contribution in [3.8, 4) is 0 Å². The third-order valence-corrected chi connectivity index (χ3v) is 4.25. The summed E-state index contributed by atoms with van der Waals surface area (Å²) in [6, 6.07) is 1.51. The van der Waals surface area contributed by atoms with Crippen molar-refractivity contribution < 1.29 is 0 Å². The van der Waals surface area contributed by atoms with E-state index in [1.807, 2.05) is 0 Å². The number of allylic oxidation sites excluding steroid dienone is 1. The van der Waals surface area contributed by atoms with Gasteiger partial charge in [-0.05, 0) is 38.0 Å². The van der Waals surface area contributed by atoms with Crippen molar-refractivity contribution >= 4 is 0 Å². The number of hydrogen-bond acceptors (Lipinski definition) is 1. The van der Waals surface area contributed by atoms with E-state index in [4.69, 9.17) is 0 Å². The molecular weight excluding hydrogens is 206 g/mol. The van der Waals surface area contributed by atoms with Gasteiger partial charge in [0.1, 0.15) is 0 Å². The fraction of sp³-hybridized carbons (Fsp3) is 0.875. The van der Waals surface area contributed by atoms with Gasteiger partial charge >= 0.3 is 0 Å². The summed E-state index contributed by atoms with van der Waals surface area (Å²) in [5.74, 6) is 0.707. The molecule has 2 aliphatic carbocycles. The standard InChI is InChI=1S/C16H29N/c1-13(2)12-14-8-6-7-11-16(14)17-15-9-4-3-5-10-15/h12-13,15-17H,3-11H2,1-2H3/b14-12+/t16-/m1/s1.